The Morgan fingerprint density at radius 2 is 2.17 bits per heavy atom. The van der Waals surface area contributed by atoms with E-state index in [-0.39, 0.29) is 23.9 Å². The van der Waals surface area contributed by atoms with Crippen LogP contribution in [-0.4, -0.2) is 47.4 Å². The van der Waals surface area contributed by atoms with E-state index in [4.69, 9.17) is 0 Å². The molecule has 2 amide bonds. The molecular formula is C17H24N4O2. The molecule has 0 bridgehead atoms. The minimum Gasteiger partial charge on any atom is -0.358 e. The number of aromatic nitrogens is 1. The Kier molecular flexibility index (Phi) is 4.91. The Balaban J connectivity index is 1.63. The molecule has 2 atom stereocenters. The maximum Gasteiger partial charge on any atom is 0.237 e. The number of carbonyl (C=O) groups is 2. The molecule has 23 heavy (non-hydrogen) atoms. The summed E-state index contributed by atoms with van der Waals surface area (Å²) in [5.74, 6) is 0.443. The van der Waals surface area contributed by atoms with Crippen LogP contribution in [0.2, 0.25) is 0 Å². The first kappa shape index (κ1) is 15.9. The van der Waals surface area contributed by atoms with Crippen LogP contribution in [0.15, 0.2) is 24.4 Å². The van der Waals surface area contributed by atoms with Crippen molar-refractivity contribution in [3.63, 3.8) is 0 Å². The van der Waals surface area contributed by atoms with Crippen molar-refractivity contribution in [3.05, 3.63) is 30.1 Å². The fraction of sp³-hybridized carbons (Fsp3) is 0.588. The van der Waals surface area contributed by atoms with Crippen LogP contribution in [0.25, 0.3) is 0 Å². The van der Waals surface area contributed by atoms with E-state index in [0.717, 1.165) is 37.9 Å². The lowest BCUT2D eigenvalue weighted by Gasteiger charge is -2.31. The van der Waals surface area contributed by atoms with E-state index in [1.807, 2.05) is 18.2 Å². The lowest BCUT2D eigenvalue weighted by Crippen LogP contribution is -2.53. The number of hydrogen-bond acceptors (Lipinski definition) is 4. The fourth-order valence-electron chi connectivity index (χ4n) is 3.40. The predicted octanol–water partition coefficient (Wildman–Crippen LogP) is 0.687. The number of hydrogen-bond donors (Lipinski definition) is 2. The van der Waals surface area contributed by atoms with Gasteiger partial charge in [-0.25, -0.2) is 0 Å². The topological polar surface area (TPSA) is 74.3 Å². The summed E-state index contributed by atoms with van der Waals surface area (Å²) in [7, 11) is 1.67. The minimum atomic E-state index is -0.207. The molecule has 124 valence electrons. The molecule has 2 unspecified atom stereocenters. The van der Waals surface area contributed by atoms with Gasteiger partial charge in [0.2, 0.25) is 11.8 Å². The molecule has 0 aromatic carbocycles. The molecule has 1 saturated carbocycles. The van der Waals surface area contributed by atoms with Gasteiger partial charge in [-0.1, -0.05) is 6.07 Å². The predicted molar refractivity (Wildman–Crippen MR) is 86.4 cm³/mol. The summed E-state index contributed by atoms with van der Waals surface area (Å²) in [4.78, 5) is 31.1. The molecular weight excluding hydrogens is 292 g/mol. The van der Waals surface area contributed by atoms with Crippen molar-refractivity contribution < 1.29 is 9.59 Å². The smallest absolute Gasteiger partial charge is 0.237 e. The molecule has 1 aromatic rings. The van der Waals surface area contributed by atoms with Crippen molar-refractivity contribution in [2.75, 3.05) is 13.6 Å². The highest BCUT2D eigenvalue weighted by atomic mass is 16.2. The van der Waals surface area contributed by atoms with Crippen LogP contribution in [0.5, 0.6) is 0 Å². The van der Waals surface area contributed by atoms with Crippen LogP contribution in [0.1, 0.15) is 31.4 Å². The summed E-state index contributed by atoms with van der Waals surface area (Å²) in [5, 5.41) is 5.73. The lowest BCUT2D eigenvalue weighted by molar-refractivity contribution is -0.131. The number of amides is 2. The van der Waals surface area contributed by atoms with Gasteiger partial charge in [0.1, 0.15) is 0 Å². The third-order valence-electron chi connectivity index (χ3n) is 4.71. The second kappa shape index (κ2) is 7.08. The van der Waals surface area contributed by atoms with Gasteiger partial charge in [-0.15, -0.1) is 0 Å². The minimum absolute atomic E-state index is 0.00251. The summed E-state index contributed by atoms with van der Waals surface area (Å²) in [6.07, 6.45) is 5.65. The maximum absolute atomic E-state index is 12.6. The molecule has 1 saturated heterocycles. The van der Waals surface area contributed by atoms with Gasteiger partial charge in [-0.2, -0.15) is 0 Å². The van der Waals surface area contributed by atoms with E-state index in [9.17, 15) is 9.59 Å². The van der Waals surface area contributed by atoms with Crippen molar-refractivity contribution in [2.45, 2.75) is 44.3 Å². The first-order valence-corrected chi connectivity index (χ1v) is 8.35. The SMILES string of the molecule is CNC(=O)C(C1CC1)N1CCCC1C(=O)NCc1ccccn1. The van der Waals surface area contributed by atoms with Crippen LogP contribution in [0.3, 0.4) is 0 Å². The Labute approximate surface area is 136 Å². The summed E-state index contributed by atoms with van der Waals surface area (Å²) < 4.78 is 0. The number of carbonyl (C=O) groups excluding carboxylic acids is 2. The Morgan fingerprint density at radius 1 is 1.35 bits per heavy atom. The van der Waals surface area contributed by atoms with Gasteiger partial charge >= 0.3 is 0 Å². The van der Waals surface area contributed by atoms with Gasteiger partial charge in [0, 0.05) is 13.2 Å². The highest BCUT2D eigenvalue weighted by Crippen LogP contribution is 2.38. The van der Waals surface area contributed by atoms with Gasteiger partial charge in [0.25, 0.3) is 0 Å². The quantitative estimate of drug-likeness (QED) is 0.810. The summed E-state index contributed by atoms with van der Waals surface area (Å²) in [6.45, 7) is 1.24. The van der Waals surface area contributed by atoms with Gasteiger partial charge in [-0.3, -0.25) is 19.5 Å². The molecule has 2 aliphatic rings. The molecule has 2 heterocycles. The summed E-state index contributed by atoms with van der Waals surface area (Å²) in [6, 6.07) is 5.29. The van der Waals surface area contributed by atoms with E-state index in [2.05, 4.69) is 20.5 Å². The second-order valence-electron chi connectivity index (χ2n) is 6.33. The molecule has 1 aliphatic heterocycles. The molecule has 6 heteroatoms. The van der Waals surface area contributed by atoms with E-state index in [1.165, 1.54) is 0 Å². The zero-order chi connectivity index (χ0) is 16.2. The van der Waals surface area contributed by atoms with Gasteiger partial charge in [-0.05, 0) is 50.3 Å². The van der Waals surface area contributed by atoms with Crippen LogP contribution < -0.4 is 10.6 Å². The number of nitrogens with zero attached hydrogens (tertiary/aromatic N) is 2. The number of likely N-dealkylation sites (tertiary alicyclic amines) is 1. The van der Waals surface area contributed by atoms with E-state index in [0.29, 0.717) is 12.5 Å². The lowest BCUT2D eigenvalue weighted by atomic mass is 10.1. The molecule has 2 N–H and O–H groups in total. The molecule has 3 rings (SSSR count). The first-order valence-electron chi connectivity index (χ1n) is 8.35. The van der Waals surface area contributed by atoms with Crippen molar-refractivity contribution in [1.82, 2.24) is 20.5 Å². The second-order valence-corrected chi connectivity index (χ2v) is 6.33. The average Bonchev–Trinajstić information content (AvgIpc) is 3.30. The Bertz CT molecular complexity index is 559. The average molecular weight is 316 g/mol. The zero-order valence-electron chi connectivity index (χ0n) is 13.5. The standard InChI is InChI=1S/C17H24N4O2/c1-18-17(23)15(12-7-8-12)21-10-4-6-14(21)16(22)20-11-13-5-2-3-9-19-13/h2-3,5,9,12,14-15H,4,6-8,10-11H2,1H3,(H,18,23)(H,20,22). The molecule has 2 fully saturated rings. The molecule has 6 nitrogen and oxygen atoms in total. The molecule has 1 aliphatic carbocycles. The van der Waals surface area contributed by atoms with E-state index < -0.39 is 0 Å². The highest BCUT2D eigenvalue weighted by molar-refractivity contribution is 5.86. The number of pyridine rings is 1. The summed E-state index contributed by atoms with van der Waals surface area (Å²) >= 11 is 0. The molecule has 0 radical (unpaired) electrons. The highest BCUT2D eigenvalue weighted by Gasteiger charge is 2.45. The van der Waals surface area contributed by atoms with Crippen molar-refractivity contribution in [3.8, 4) is 0 Å². The number of likely N-dealkylation sites (N-methyl/N-ethyl adjacent to an activating group) is 1. The Hall–Kier alpha value is -1.95. The van der Waals surface area contributed by atoms with Gasteiger partial charge in [0.05, 0.1) is 24.3 Å². The van der Waals surface area contributed by atoms with Gasteiger partial charge < -0.3 is 10.6 Å². The summed E-state index contributed by atoms with van der Waals surface area (Å²) in [5.41, 5.74) is 0.843. The largest absolute Gasteiger partial charge is 0.358 e. The normalized spacial score (nSPS) is 22.6. The number of nitrogens with one attached hydrogen (secondary N) is 2. The molecule has 1 aromatic heterocycles. The van der Waals surface area contributed by atoms with Crippen molar-refractivity contribution in [1.29, 1.82) is 0 Å². The van der Waals surface area contributed by atoms with Crippen LogP contribution in [-0.2, 0) is 16.1 Å². The monoisotopic (exact) mass is 316 g/mol. The third-order valence-corrected chi connectivity index (χ3v) is 4.71. The third kappa shape index (κ3) is 3.69. The van der Waals surface area contributed by atoms with Crippen LogP contribution >= 0.6 is 0 Å². The van der Waals surface area contributed by atoms with Gasteiger partial charge in [0.15, 0.2) is 0 Å². The van der Waals surface area contributed by atoms with Crippen LogP contribution in [0.4, 0.5) is 0 Å². The molecule has 0 spiro atoms. The number of rotatable bonds is 6. The van der Waals surface area contributed by atoms with Crippen LogP contribution in [0, 0.1) is 5.92 Å². The zero-order valence-corrected chi connectivity index (χ0v) is 13.5. The maximum atomic E-state index is 12.6. The van der Waals surface area contributed by atoms with Crippen molar-refractivity contribution in [2.24, 2.45) is 5.92 Å². The van der Waals surface area contributed by atoms with E-state index >= 15 is 0 Å². The Morgan fingerprint density at radius 3 is 2.83 bits per heavy atom. The first-order chi connectivity index (χ1) is 11.2. The van der Waals surface area contributed by atoms with Crippen molar-refractivity contribution >= 4 is 11.8 Å². The fourth-order valence-corrected chi connectivity index (χ4v) is 3.40. The van der Waals surface area contributed by atoms with E-state index in [1.54, 1.807) is 13.2 Å².